The largest absolute Gasteiger partial charge is 0.494 e. The molecule has 5 rings (SSSR count). The van der Waals surface area contributed by atoms with E-state index in [1.54, 1.807) is 72.8 Å². The SMILES string of the molecule is [N-]=[N+]=NCc1ccccc1C[C@]1(C(=O)NNCc2cc(F)cc(C(F)(F)F)c2)N=C(c2ccc(OCCCO)cc2)O[C@H]1c1ccccc1CN=[N+]=[N-]. The summed E-state index contributed by atoms with van der Waals surface area (Å²) in [5.74, 6) is -1.27. The number of nitrogens with zero attached hydrogens (tertiary/aromatic N) is 7. The third-order valence-corrected chi connectivity index (χ3v) is 8.33. The van der Waals surface area contributed by atoms with Crippen molar-refractivity contribution in [2.24, 2.45) is 15.2 Å². The summed E-state index contributed by atoms with van der Waals surface area (Å²) in [5.41, 5.74) is 22.9. The van der Waals surface area contributed by atoms with Gasteiger partial charge < -0.3 is 14.6 Å². The van der Waals surface area contributed by atoms with Crippen LogP contribution in [-0.2, 0) is 41.8 Å². The molecule has 0 fully saturated rings. The third-order valence-electron chi connectivity index (χ3n) is 8.33. The molecule has 1 aliphatic heterocycles. The van der Waals surface area contributed by atoms with Crippen molar-refractivity contribution in [1.82, 2.24) is 10.9 Å². The van der Waals surface area contributed by atoms with E-state index in [0.717, 1.165) is 12.1 Å². The van der Waals surface area contributed by atoms with Crippen LogP contribution >= 0.6 is 0 Å². The van der Waals surface area contributed by atoms with Crippen molar-refractivity contribution >= 4 is 11.8 Å². The maximum Gasteiger partial charge on any atom is 0.416 e. The molecule has 0 unspecified atom stereocenters. The smallest absolute Gasteiger partial charge is 0.416 e. The quantitative estimate of drug-likeness (QED) is 0.0267. The van der Waals surface area contributed by atoms with Gasteiger partial charge in [0.15, 0.2) is 11.6 Å². The van der Waals surface area contributed by atoms with Crippen molar-refractivity contribution in [3.63, 3.8) is 0 Å². The Morgan fingerprint density at radius 2 is 1.60 bits per heavy atom. The van der Waals surface area contributed by atoms with Crippen molar-refractivity contribution < 1.29 is 36.9 Å². The molecular formula is C36H33F4N9O4. The molecule has 17 heteroatoms. The predicted molar refractivity (Wildman–Crippen MR) is 185 cm³/mol. The molecule has 0 aromatic heterocycles. The topological polar surface area (TPSA) is 190 Å². The molecule has 274 valence electrons. The predicted octanol–water partition coefficient (Wildman–Crippen LogP) is 7.55. The summed E-state index contributed by atoms with van der Waals surface area (Å²) in [6.45, 7) is -0.268. The van der Waals surface area contributed by atoms with E-state index >= 15 is 0 Å². The summed E-state index contributed by atoms with van der Waals surface area (Å²) in [7, 11) is 0. The second-order valence-electron chi connectivity index (χ2n) is 11.9. The molecule has 0 saturated carbocycles. The van der Waals surface area contributed by atoms with Crippen LogP contribution in [0.1, 0.15) is 51.5 Å². The molecule has 3 N–H and O–H groups in total. The van der Waals surface area contributed by atoms with Gasteiger partial charge in [-0.2, -0.15) is 13.2 Å². The molecular weight excluding hydrogens is 698 g/mol. The van der Waals surface area contributed by atoms with E-state index in [1.165, 1.54) is 0 Å². The zero-order chi connectivity index (χ0) is 37.8. The van der Waals surface area contributed by atoms with Gasteiger partial charge in [-0.1, -0.05) is 58.8 Å². The van der Waals surface area contributed by atoms with Crippen LogP contribution in [0.25, 0.3) is 20.9 Å². The molecule has 2 atom stereocenters. The zero-order valence-electron chi connectivity index (χ0n) is 28.0. The second kappa shape index (κ2) is 17.4. The van der Waals surface area contributed by atoms with Crippen LogP contribution in [0.15, 0.2) is 106 Å². The van der Waals surface area contributed by atoms with Crippen LogP contribution < -0.4 is 15.6 Å². The number of nitrogens with one attached hydrogen (secondary N) is 2. The summed E-state index contributed by atoms with van der Waals surface area (Å²) >= 11 is 0. The van der Waals surface area contributed by atoms with Crippen molar-refractivity contribution in [2.45, 2.75) is 50.3 Å². The summed E-state index contributed by atoms with van der Waals surface area (Å²) in [4.78, 5) is 25.3. The molecule has 1 amide bonds. The van der Waals surface area contributed by atoms with Crippen LogP contribution in [-0.4, -0.2) is 35.7 Å². The van der Waals surface area contributed by atoms with Gasteiger partial charge in [-0.25, -0.2) is 14.8 Å². The molecule has 13 nitrogen and oxygen atoms in total. The average Bonchev–Trinajstić information content (AvgIpc) is 3.53. The van der Waals surface area contributed by atoms with Gasteiger partial charge in [-0.05, 0) is 81.3 Å². The Morgan fingerprint density at radius 3 is 2.28 bits per heavy atom. The van der Waals surface area contributed by atoms with E-state index in [4.69, 9.17) is 30.6 Å². The molecule has 4 aromatic rings. The first-order valence-electron chi connectivity index (χ1n) is 16.2. The Hall–Kier alpha value is -6.12. The van der Waals surface area contributed by atoms with Gasteiger partial charge in [0.2, 0.25) is 5.90 Å². The van der Waals surface area contributed by atoms with E-state index in [0.29, 0.717) is 46.1 Å². The van der Waals surface area contributed by atoms with E-state index in [1.807, 2.05) is 0 Å². The second-order valence-corrected chi connectivity index (χ2v) is 11.9. The van der Waals surface area contributed by atoms with Crippen LogP contribution in [0.2, 0.25) is 0 Å². The number of hydrogen-bond donors (Lipinski definition) is 3. The number of aliphatic imine (C=N–C) groups is 1. The van der Waals surface area contributed by atoms with Gasteiger partial charge in [0.1, 0.15) is 11.6 Å². The molecule has 1 aliphatic rings. The van der Waals surface area contributed by atoms with Gasteiger partial charge in [0.05, 0.1) is 25.3 Å². The summed E-state index contributed by atoms with van der Waals surface area (Å²) < 4.78 is 66.6. The van der Waals surface area contributed by atoms with Crippen LogP contribution in [0, 0.1) is 5.82 Å². The highest BCUT2D eigenvalue weighted by Crippen LogP contribution is 2.44. The van der Waals surface area contributed by atoms with Gasteiger partial charge in [0, 0.05) is 41.4 Å². The van der Waals surface area contributed by atoms with Gasteiger partial charge in [-0.3, -0.25) is 10.2 Å². The van der Waals surface area contributed by atoms with E-state index in [9.17, 15) is 22.4 Å². The normalized spacial score (nSPS) is 16.5. The minimum absolute atomic E-state index is 0.0346. The minimum Gasteiger partial charge on any atom is -0.494 e. The minimum atomic E-state index is -4.79. The number of alkyl halides is 3. The number of aliphatic hydroxyl groups excluding tert-OH is 1. The number of hydrogen-bond acceptors (Lipinski definition) is 8. The first-order chi connectivity index (χ1) is 25.6. The molecule has 0 saturated heterocycles. The highest BCUT2D eigenvalue weighted by atomic mass is 19.4. The van der Waals surface area contributed by atoms with Crippen molar-refractivity contribution in [3.05, 3.63) is 157 Å². The molecule has 0 aliphatic carbocycles. The third kappa shape index (κ3) is 9.41. The summed E-state index contributed by atoms with van der Waals surface area (Å²) in [6, 6.07) is 22.6. The number of carbonyl (C=O) groups excluding carboxylic acids is 1. The maximum absolute atomic E-state index is 14.6. The van der Waals surface area contributed by atoms with Crippen molar-refractivity contribution in [2.75, 3.05) is 13.2 Å². The molecule has 0 radical (unpaired) electrons. The molecule has 1 heterocycles. The standard InChI is InChI=1S/C36H33F4N9O4/c37-29-17-23(16-28(18-29)36(38,39)40)20-43-47-34(51)35(19-25-6-1-2-7-26(25)21-44-48-41)32(31-9-4-3-8-27(31)22-45-49-42)53-33(46-35)24-10-12-30(13-11-24)52-15-5-14-50/h1-4,6-13,16-18,32,43,50H,5,14-15,19-22H2,(H,47,51)/t32-,35-/m0/s1. The Labute approximate surface area is 300 Å². The highest BCUT2D eigenvalue weighted by Gasteiger charge is 2.54. The van der Waals surface area contributed by atoms with Gasteiger partial charge >= 0.3 is 6.18 Å². The number of ether oxygens (including phenoxy) is 2. The fourth-order valence-electron chi connectivity index (χ4n) is 5.83. The Kier molecular flexibility index (Phi) is 12.5. The lowest BCUT2D eigenvalue weighted by molar-refractivity contribution is -0.138. The lowest BCUT2D eigenvalue weighted by Gasteiger charge is -2.32. The fourth-order valence-corrected chi connectivity index (χ4v) is 5.83. The van der Waals surface area contributed by atoms with E-state index < -0.39 is 35.1 Å². The van der Waals surface area contributed by atoms with Crippen molar-refractivity contribution in [3.8, 4) is 5.75 Å². The van der Waals surface area contributed by atoms with E-state index in [-0.39, 0.29) is 50.7 Å². The highest BCUT2D eigenvalue weighted by molar-refractivity contribution is 6.01. The summed E-state index contributed by atoms with van der Waals surface area (Å²) in [6.07, 6.45) is -5.64. The number of aliphatic hydroxyl groups is 1. The molecule has 0 spiro atoms. The number of azide groups is 2. The number of hydrazine groups is 1. The molecule has 4 aromatic carbocycles. The first kappa shape index (κ1) is 38.1. The zero-order valence-corrected chi connectivity index (χ0v) is 28.0. The van der Waals surface area contributed by atoms with E-state index in [2.05, 4.69) is 30.9 Å². The number of rotatable bonds is 16. The summed E-state index contributed by atoms with van der Waals surface area (Å²) in [5, 5.41) is 16.5. The van der Waals surface area contributed by atoms with Crippen molar-refractivity contribution in [1.29, 1.82) is 0 Å². The van der Waals surface area contributed by atoms with Crippen LogP contribution in [0.3, 0.4) is 0 Å². The van der Waals surface area contributed by atoms with Crippen LogP contribution in [0.4, 0.5) is 17.6 Å². The number of halogens is 4. The Bertz CT molecular complexity index is 2050. The van der Waals surface area contributed by atoms with Crippen LogP contribution in [0.5, 0.6) is 5.75 Å². The first-order valence-corrected chi connectivity index (χ1v) is 16.2. The maximum atomic E-state index is 14.6. The number of amides is 1. The van der Waals surface area contributed by atoms with Gasteiger partial charge in [-0.15, -0.1) is 0 Å². The average molecular weight is 732 g/mol. The Balaban J connectivity index is 1.60. The molecule has 0 bridgehead atoms. The Morgan fingerprint density at radius 1 is 0.943 bits per heavy atom. The fraction of sp³-hybridized carbons (Fsp3) is 0.278. The lowest BCUT2D eigenvalue weighted by atomic mass is 9.80. The number of benzene rings is 4. The molecule has 53 heavy (non-hydrogen) atoms. The lowest BCUT2D eigenvalue weighted by Crippen LogP contribution is -2.54. The monoisotopic (exact) mass is 731 g/mol. The van der Waals surface area contributed by atoms with Gasteiger partial charge in [0.25, 0.3) is 5.91 Å². The number of carbonyl (C=O) groups is 1.